The lowest BCUT2D eigenvalue weighted by atomic mass is 9.87. The molecule has 0 bridgehead atoms. The summed E-state index contributed by atoms with van der Waals surface area (Å²) in [7, 11) is 0. The molecule has 1 fully saturated rings. The van der Waals surface area contributed by atoms with Crippen molar-refractivity contribution in [2.45, 2.75) is 84.4 Å². The summed E-state index contributed by atoms with van der Waals surface area (Å²) >= 11 is 0. The molecule has 178 valence electrons. The van der Waals surface area contributed by atoms with Crippen LogP contribution in [-0.4, -0.2) is 49.7 Å². The molecule has 1 aromatic rings. The molecule has 6 nitrogen and oxygen atoms in total. The zero-order chi connectivity index (χ0) is 23.7. The lowest BCUT2D eigenvalue weighted by Gasteiger charge is -2.30. The highest BCUT2D eigenvalue weighted by Crippen LogP contribution is 2.40. The van der Waals surface area contributed by atoms with Crippen LogP contribution in [-0.2, 0) is 19.7 Å². The molecule has 2 N–H and O–H groups in total. The van der Waals surface area contributed by atoms with E-state index >= 15 is 0 Å². The van der Waals surface area contributed by atoms with E-state index in [9.17, 15) is 14.0 Å². The Hall–Kier alpha value is -2.15. The van der Waals surface area contributed by atoms with Crippen LogP contribution >= 0.6 is 0 Å². The van der Waals surface area contributed by atoms with Crippen molar-refractivity contribution >= 4 is 17.5 Å². The average molecular weight is 448 g/mol. The van der Waals surface area contributed by atoms with Crippen molar-refractivity contribution in [3.05, 3.63) is 29.6 Å². The number of nitrogens with one attached hydrogen (secondary N) is 2. The van der Waals surface area contributed by atoms with Crippen LogP contribution in [0.5, 0.6) is 0 Å². The molecule has 2 aliphatic heterocycles. The maximum absolute atomic E-state index is 13.8. The SMILES string of the molecule is C[C@@H](CN1CC(C)(C)c2cc(F)ccc21)NC(=O)[C@H](CC(C)(C)C)NC(=O)[C@H]1CCCO1. The minimum atomic E-state index is -0.620. The molecule has 0 aliphatic carbocycles. The third kappa shape index (κ3) is 6.00. The van der Waals surface area contributed by atoms with Crippen LogP contribution in [0, 0.1) is 11.2 Å². The number of ether oxygens (including phenoxy) is 1. The number of halogens is 1. The molecule has 32 heavy (non-hydrogen) atoms. The van der Waals surface area contributed by atoms with E-state index in [0.29, 0.717) is 26.0 Å². The van der Waals surface area contributed by atoms with E-state index in [0.717, 1.165) is 24.2 Å². The highest BCUT2D eigenvalue weighted by atomic mass is 19.1. The second-order valence-electron chi connectivity index (χ2n) is 11.2. The number of rotatable bonds is 7. The zero-order valence-electron chi connectivity index (χ0n) is 20.3. The third-order valence-corrected chi connectivity index (χ3v) is 6.17. The highest BCUT2D eigenvalue weighted by molar-refractivity contribution is 5.89. The molecule has 1 aromatic carbocycles. The third-order valence-electron chi connectivity index (χ3n) is 6.17. The minimum absolute atomic E-state index is 0.128. The number of hydrogen-bond acceptors (Lipinski definition) is 4. The van der Waals surface area contributed by atoms with Gasteiger partial charge in [0.15, 0.2) is 0 Å². The quantitative estimate of drug-likeness (QED) is 0.671. The van der Waals surface area contributed by atoms with Crippen LogP contribution in [0.25, 0.3) is 0 Å². The Morgan fingerprint density at radius 3 is 2.62 bits per heavy atom. The summed E-state index contributed by atoms with van der Waals surface area (Å²) in [4.78, 5) is 27.9. The Labute approximate surface area is 191 Å². The Bertz CT molecular complexity index is 843. The van der Waals surface area contributed by atoms with Crippen molar-refractivity contribution in [1.29, 1.82) is 0 Å². The fourth-order valence-corrected chi connectivity index (χ4v) is 4.73. The molecule has 0 spiro atoms. The van der Waals surface area contributed by atoms with E-state index in [-0.39, 0.29) is 34.5 Å². The normalized spacial score (nSPS) is 21.7. The molecule has 0 radical (unpaired) electrons. The first-order valence-corrected chi connectivity index (χ1v) is 11.6. The van der Waals surface area contributed by atoms with Crippen molar-refractivity contribution in [2.24, 2.45) is 5.41 Å². The number of hydrogen-bond donors (Lipinski definition) is 2. The Morgan fingerprint density at radius 2 is 2.00 bits per heavy atom. The Balaban J connectivity index is 1.65. The summed E-state index contributed by atoms with van der Waals surface area (Å²) in [6.45, 7) is 14.3. The second kappa shape index (κ2) is 9.38. The standard InChI is InChI=1S/C25H38FN3O3/c1-16(14-29-15-25(5,6)18-12-17(26)9-10-20(18)29)27-22(30)19(13-24(2,3)4)28-23(31)21-8-7-11-32-21/h9-10,12,16,19,21H,7-8,11,13-15H2,1-6H3,(H,27,30)(H,28,31)/t16-,19-,21+/m0/s1. The van der Waals surface area contributed by atoms with Crippen molar-refractivity contribution in [3.63, 3.8) is 0 Å². The fourth-order valence-electron chi connectivity index (χ4n) is 4.73. The van der Waals surface area contributed by atoms with Crippen molar-refractivity contribution < 1.29 is 18.7 Å². The van der Waals surface area contributed by atoms with Gasteiger partial charge in [0, 0.05) is 36.8 Å². The second-order valence-corrected chi connectivity index (χ2v) is 11.2. The molecule has 0 unspecified atom stereocenters. The van der Waals surface area contributed by atoms with Crippen LogP contribution in [0.3, 0.4) is 0 Å². The average Bonchev–Trinajstić information content (AvgIpc) is 3.27. The zero-order valence-corrected chi connectivity index (χ0v) is 20.3. The predicted molar refractivity (Wildman–Crippen MR) is 124 cm³/mol. The van der Waals surface area contributed by atoms with E-state index in [1.54, 1.807) is 6.07 Å². The molecule has 7 heteroatoms. The molecule has 2 aliphatic rings. The first-order chi connectivity index (χ1) is 14.9. The number of anilines is 1. The largest absolute Gasteiger partial charge is 0.368 e. The number of carbonyl (C=O) groups is 2. The molecule has 1 saturated heterocycles. The van der Waals surface area contributed by atoms with Gasteiger partial charge in [-0.25, -0.2) is 4.39 Å². The summed E-state index contributed by atoms with van der Waals surface area (Å²) in [6, 6.07) is 4.15. The minimum Gasteiger partial charge on any atom is -0.368 e. The molecule has 0 aromatic heterocycles. The van der Waals surface area contributed by atoms with Gasteiger partial charge in [0.25, 0.3) is 0 Å². The summed E-state index contributed by atoms with van der Waals surface area (Å²) in [5, 5.41) is 6.00. The van der Waals surface area contributed by atoms with Gasteiger partial charge < -0.3 is 20.3 Å². The molecule has 0 saturated carbocycles. The van der Waals surface area contributed by atoms with Crippen LogP contribution < -0.4 is 15.5 Å². The van der Waals surface area contributed by atoms with Crippen molar-refractivity contribution in [3.8, 4) is 0 Å². The Kier molecular flexibility index (Phi) is 7.18. The van der Waals surface area contributed by atoms with Gasteiger partial charge in [-0.2, -0.15) is 0 Å². The number of nitrogens with zero attached hydrogens (tertiary/aromatic N) is 1. The smallest absolute Gasteiger partial charge is 0.249 e. The van der Waals surface area contributed by atoms with Crippen LogP contribution in [0.15, 0.2) is 18.2 Å². The molecular formula is C25H38FN3O3. The fraction of sp³-hybridized carbons (Fsp3) is 0.680. The Morgan fingerprint density at radius 1 is 1.28 bits per heavy atom. The van der Waals surface area contributed by atoms with Gasteiger partial charge in [0.1, 0.15) is 18.0 Å². The maximum atomic E-state index is 13.8. The summed E-state index contributed by atoms with van der Waals surface area (Å²) in [5.41, 5.74) is 1.71. The first-order valence-electron chi connectivity index (χ1n) is 11.6. The molecule has 3 atom stereocenters. The van der Waals surface area contributed by atoms with Gasteiger partial charge in [-0.05, 0) is 55.4 Å². The molecule has 3 rings (SSSR count). The van der Waals surface area contributed by atoms with E-state index in [2.05, 4.69) is 50.2 Å². The van der Waals surface area contributed by atoms with E-state index in [1.165, 1.54) is 6.07 Å². The first kappa shape index (κ1) is 24.5. The maximum Gasteiger partial charge on any atom is 0.249 e. The number of carbonyl (C=O) groups excluding carboxylic acids is 2. The molecule has 2 heterocycles. The van der Waals surface area contributed by atoms with Crippen molar-refractivity contribution in [2.75, 3.05) is 24.6 Å². The van der Waals surface area contributed by atoms with E-state index in [4.69, 9.17) is 4.74 Å². The van der Waals surface area contributed by atoms with Crippen LogP contribution in [0.1, 0.15) is 66.4 Å². The predicted octanol–water partition coefficient (Wildman–Crippen LogP) is 3.53. The van der Waals surface area contributed by atoms with Gasteiger partial charge in [-0.3, -0.25) is 9.59 Å². The topological polar surface area (TPSA) is 70.7 Å². The van der Waals surface area contributed by atoms with E-state index in [1.807, 2.05) is 13.0 Å². The number of amides is 2. The summed E-state index contributed by atoms with van der Waals surface area (Å²) < 4.78 is 19.3. The van der Waals surface area contributed by atoms with Crippen LogP contribution in [0.4, 0.5) is 10.1 Å². The van der Waals surface area contributed by atoms with Gasteiger partial charge in [0.05, 0.1) is 0 Å². The van der Waals surface area contributed by atoms with Crippen molar-refractivity contribution in [1.82, 2.24) is 10.6 Å². The van der Waals surface area contributed by atoms with Gasteiger partial charge in [-0.15, -0.1) is 0 Å². The van der Waals surface area contributed by atoms with Gasteiger partial charge >= 0.3 is 0 Å². The molecular weight excluding hydrogens is 409 g/mol. The van der Waals surface area contributed by atoms with Gasteiger partial charge in [-0.1, -0.05) is 34.6 Å². The molecule has 2 amide bonds. The number of benzene rings is 1. The summed E-state index contributed by atoms with van der Waals surface area (Å²) in [6.07, 6.45) is 1.62. The number of fused-ring (bicyclic) bond motifs is 1. The lowest BCUT2D eigenvalue weighted by molar-refractivity contribution is -0.135. The summed E-state index contributed by atoms with van der Waals surface area (Å²) in [5.74, 6) is -0.625. The van der Waals surface area contributed by atoms with Gasteiger partial charge in [0.2, 0.25) is 11.8 Å². The monoisotopic (exact) mass is 447 g/mol. The lowest BCUT2D eigenvalue weighted by Crippen LogP contribution is -2.54. The van der Waals surface area contributed by atoms with E-state index < -0.39 is 12.1 Å². The highest BCUT2D eigenvalue weighted by Gasteiger charge is 2.36. The van der Waals surface area contributed by atoms with Crippen LogP contribution in [0.2, 0.25) is 0 Å².